The zero-order valence-corrected chi connectivity index (χ0v) is 9.88. The number of nitrogens with one attached hydrogen (secondary N) is 1. The number of carboxylic acid groups (broad SMARTS) is 1. The average molecular weight is 239 g/mol. The maximum Gasteiger partial charge on any atom is 0.317 e. The summed E-state index contributed by atoms with van der Waals surface area (Å²) in [6.45, 7) is 1.55. The highest BCUT2D eigenvalue weighted by Gasteiger charge is 2.17. The van der Waals surface area contributed by atoms with Crippen LogP contribution in [0.4, 0.5) is 0 Å². The molecule has 0 aliphatic carbocycles. The average Bonchev–Trinajstić information content (AvgIpc) is 2.35. The first kappa shape index (κ1) is 13.5. The molecule has 1 rings (SSSR count). The fraction of sp³-hybridized carbons (Fsp3) is 0.417. The molecule has 0 fully saturated rings. The second kappa shape index (κ2) is 6.22. The SMILES string of the molecule is COc1cccc(C(O)C(C)NCC(=O)O)c1. The Morgan fingerprint density at radius 2 is 2.24 bits per heavy atom. The molecular weight excluding hydrogens is 222 g/mol. The van der Waals surface area contributed by atoms with E-state index in [1.165, 1.54) is 0 Å². The van der Waals surface area contributed by atoms with Gasteiger partial charge in [0.1, 0.15) is 5.75 Å². The Labute approximate surface area is 100 Å². The molecule has 0 bridgehead atoms. The van der Waals surface area contributed by atoms with Gasteiger partial charge in [-0.2, -0.15) is 0 Å². The second-order valence-electron chi connectivity index (χ2n) is 3.78. The molecule has 0 heterocycles. The van der Waals surface area contributed by atoms with Crippen LogP contribution in [-0.2, 0) is 4.79 Å². The lowest BCUT2D eigenvalue weighted by atomic mass is 10.0. The monoisotopic (exact) mass is 239 g/mol. The van der Waals surface area contributed by atoms with E-state index in [-0.39, 0.29) is 12.6 Å². The number of aliphatic hydroxyl groups is 1. The van der Waals surface area contributed by atoms with Crippen LogP contribution in [0.15, 0.2) is 24.3 Å². The third-order valence-corrected chi connectivity index (χ3v) is 2.48. The van der Waals surface area contributed by atoms with E-state index >= 15 is 0 Å². The van der Waals surface area contributed by atoms with Gasteiger partial charge < -0.3 is 20.3 Å². The molecule has 0 aliphatic rings. The normalized spacial score (nSPS) is 14.1. The number of carboxylic acids is 1. The lowest BCUT2D eigenvalue weighted by Gasteiger charge is -2.20. The van der Waals surface area contributed by atoms with E-state index < -0.39 is 12.1 Å². The van der Waals surface area contributed by atoms with Crippen LogP contribution in [0.3, 0.4) is 0 Å². The quantitative estimate of drug-likeness (QED) is 0.684. The van der Waals surface area contributed by atoms with Crippen molar-refractivity contribution >= 4 is 5.97 Å². The minimum atomic E-state index is -0.949. The summed E-state index contributed by atoms with van der Waals surface area (Å²) in [6.07, 6.45) is -0.774. The molecule has 5 nitrogen and oxygen atoms in total. The van der Waals surface area contributed by atoms with Crippen molar-refractivity contribution in [2.45, 2.75) is 19.1 Å². The molecule has 1 aromatic rings. The minimum absolute atomic E-state index is 0.178. The van der Waals surface area contributed by atoms with Crippen molar-refractivity contribution in [3.63, 3.8) is 0 Å². The fourth-order valence-electron chi connectivity index (χ4n) is 1.47. The van der Waals surface area contributed by atoms with Gasteiger partial charge >= 0.3 is 5.97 Å². The number of carbonyl (C=O) groups is 1. The van der Waals surface area contributed by atoms with Gasteiger partial charge in [-0.1, -0.05) is 12.1 Å². The molecule has 17 heavy (non-hydrogen) atoms. The molecule has 0 amide bonds. The smallest absolute Gasteiger partial charge is 0.317 e. The largest absolute Gasteiger partial charge is 0.497 e. The van der Waals surface area contributed by atoms with Gasteiger partial charge in [0, 0.05) is 6.04 Å². The fourth-order valence-corrected chi connectivity index (χ4v) is 1.47. The van der Waals surface area contributed by atoms with Gasteiger partial charge in [-0.3, -0.25) is 4.79 Å². The summed E-state index contributed by atoms with van der Waals surface area (Å²) in [6, 6.07) is 6.71. The predicted molar refractivity (Wildman–Crippen MR) is 63.1 cm³/mol. The molecule has 0 spiro atoms. The Hall–Kier alpha value is -1.59. The molecule has 94 valence electrons. The highest BCUT2D eigenvalue weighted by molar-refractivity contribution is 5.69. The molecule has 0 aliphatic heterocycles. The predicted octanol–water partition coefficient (Wildman–Crippen LogP) is 0.791. The van der Waals surface area contributed by atoms with Gasteiger partial charge in [0.15, 0.2) is 0 Å². The van der Waals surface area contributed by atoms with Crippen LogP contribution >= 0.6 is 0 Å². The third kappa shape index (κ3) is 4.05. The maximum atomic E-state index is 10.4. The van der Waals surface area contributed by atoms with Crippen molar-refractivity contribution in [3.05, 3.63) is 29.8 Å². The van der Waals surface area contributed by atoms with Crippen molar-refractivity contribution < 1.29 is 19.7 Å². The number of benzene rings is 1. The first-order valence-electron chi connectivity index (χ1n) is 5.31. The van der Waals surface area contributed by atoms with Crippen LogP contribution in [0.25, 0.3) is 0 Å². The van der Waals surface area contributed by atoms with E-state index in [4.69, 9.17) is 9.84 Å². The van der Waals surface area contributed by atoms with Crippen molar-refractivity contribution in [3.8, 4) is 5.75 Å². The Morgan fingerprint density at radius 3 is 2.82 bits per heavy atom. The molecule has 0 aromatic heterocycles. The van der Waals surface area contributed by atoms with E-state index in [1.54, 1.807) is 38.3 Å². The third-order valence-electron chi connectivity index (χ3n) is 2.48. The molecule has 1 aromatic carbocycles. The summed E-state index contributed by atoms with van der Waals surface area (Å²) in [5.74, 6) is -0.290. The number of aliphatic carboxylic acids is 1. The lowest BCUT2D eigenvalue weighted by Crippen LogP contribution is -2.35. The minimum Gasteiger partial charge on any atom is -0.497 e. The molecule has 2 atom stereocenters. The van der Waals surface area contributed by atoms with Crippen LogP contribution in [0, 0.1) is 0 Å². The Morgan fingerprint density at radius 1 is 1.53 bits per heavy atom. The van der Waals surface area contributed by atoms with Crippen LogP contribution in [-0.4, -0.2) is 35.9 Å². The van der Waals surface area contributed by atoms with Crippen LogP contribution < -0.4 is 10.1 Å². The van der Waals surface area contributed by atoms with Gasteiger partial charge in [-0.15, -0.1) is 0 Å². The number of rotatable bonds is 6. The highest BCUT2D eigenvalue weighted by atomic mass is 16.5. The van der Waals surface area contributed by atoms with Crippen molar-refractivity contribution in [2.24, 2.45) is 0 Å². The molecular formula is C12H17NO4. The van der Waals surface area contributed by atoms with E-state index in [1.807, 2.05) is 0 Å². The summed E-state index contributed by atoms with van der Waals surface area (Å²) in [7, 11) is 1.55. The Bertz CT molecular complexity index is 381. The van der Waals surface area contributed by atoms with Gasteiger partial charge in [0.05, 0.1) is 19.8 Å². The summed E-state index contributed by atoms with van der Waals surface area (Å²) in [5.41, 5.74) is 0.690. The first-order valence-corrected chi connectivity index (χ1v) is 5.31. The van der Waals surface area contributed by atoms with Crippen LogP contribution in [0.5, 0.6) is 5.75 Å². The van der Waals surface area contributed by atoms with Crippen molar-refractivity contribution in [1.82, 2.24) is 5.32 Å². The molecule has 0 saturated heterocycles. The van der Waals surface area contributed by atoms with Crippen molar-refractivity contribution in [1.29, 1.82) is 0 Å². The summed E-state index contributed by atoms with van der Waals surface area (Å²) >= 11 is 0. The van der Waals surface area contributed by atoms with E-state index in [0.717, 1.165) is 0 Å². The molecule has 3 N–H and O–H groups in total. The van der Waals surface area contributed by atoms with Crippen molar-refractivity contribution in [2.75, 3.05) is 13.7 Å². The zero-order chi connectivity index (χ0) is 12.8. The van der Waals surface area contributed by atoms with Gasteiger partial charge in [0.2, 0.25) is 0 Å². The van der Waals surface area contributed by atoms with Crippen LogP contribution in [0.2, 0.25) is 0 Å². The Kier molecular flexibility index (Phi) is 4.93. The van der Waals surface area contributed by atoms with Gasteiger partial charge in [0.25, 0.3) is 0 Å². The molecule has 5 heteroatoms. The topological polar surface area (TPSA) is 78.8 Å². The van der Waals surface area contributed by atoms with E-state index in [0.29, 0.717) is 11.3 Å². The Balaban J connectivity index is 2.66. The number of hydrogen-bond donors (Lipinski definition) is 3. The number of methoxy groups -OCH3 is 1. The van der Waals surface area contributed by atoms with Gasteiger partial charge in [-0.25, -0.2) is 0 Å². The van der Waals surface area contributed by atoms with Gasteiger partial charge in [-0.05, 0) is 24.6 Å². The standard InChI is InChI=1S/C12H17NO4/c1-8(13-7-11(14)15)12(16)9-4-3-5-10(6-9)17-2/h3-6,8,12-13,16H,7H2,1-2H3,(H,14,15). The van der Waals surface area contributed by atoms with E-state index in [9.17, 15) is 9.90 Å². The first-order chi connectivity index (χ1) is 8.04. The van der Waals surface area contributed by atoms with Crippen LogP contribution in [0.1, 0.15) is 18.6 Å². The molecule has 0 radical (unpaired) electrons. The lowest BCUT2D eigenvalue weighted by molar-refractivity contribution is -0.136. The summed E-state index contributed by atoms with van der Waals surface area (Å²) < 4.78 is 5.06. The number of hydrogen-bond acceptors (Lipinski definition) is 4. The number of ether oxygens (including phenoxy) is 1. The maximum absolute atomic E-state index is 10.4. The second-order valence-corrected chi connectivity index (χ2v) is 3.78. The summed E-state index contributed by atoms with van der Waals surface area (Å²) in [4.78, 5) is 10.4. The zero-order valence-electron chi connectivity index (χ0n) is 9.88. The van der Waals surface area contributed by atoms with E-state index in [2.05, 4.69) is 5.32 Å². The summed E-state index contributed by atoms with van der Waals surface area (Å²) in [5, 5.41) is 21.3. The molecule has 0 saturated carbocycles. The number of aliphatic hydroxyl groups excluding tert-OH is 1. The molecule has 2 unspecified atom stereocenters. The highest BCUT2D eigenvalue weighted by Crippen LogP contribution is 2.21.